The zero-order chi connectivity index (χ0) is 15.3. The average Bonchev–Trinajstić information content (AvgIpc) is 2.38. The van der Waals surface area contributed by atoms with Gasteiger partial charge >= 0.3 is 5.97 Å². The van der Waals surface area contributed by atoms with Crippen LogP contribution < -0.4 is 4.72 Å². The van der Waals surface area contributed by atoms with Crippen LogP contribution in [0.3, 0.4) is 0 Å². The van der Waals surface area contributed by atoms with Crippen molar-refractivity contribution in [2.45, 2.75) is 18.2 Å². The Hall–Kier alpha value is -1.62. The Morgan fingerprint density at radius 1 is 1.55 bits per heavy atom. The van der Waals surface area contributed by atoms with E-state index < -0.39 is 21.9 Å². The van der Waals surface area contributed by atoms with Gasteiger partial charge in [0.25, 0.3) is 0 Å². The maximum Gasteiger partial charge on any atom is 0.307 e. The van der Waals surface area contributed by atoms with E-state index in [1.807, 2.05) is 6.07 Å². The number of aliphatic carboxylic acids is 1. The van der Waals surface area contributed by atoms with Crippen LogP contribution in [0.1, 0.15) is 18.9 Å². The lowest BCUT2D eigenvalue weighted by molar-refractivity contribution is -0.141. The summed E-state index contributed by atoms with van der Waals surface area (Å²) >= 11 is 5.82. The minimum atomic E-state index is -3.91. The molecule has 0 heterocycles. The molecular formula is C12H13ClN2O4S. The fourth-order valence-corrected chi connectivity index (χ4v) is 3.11. The van der Waals surface area contributed by atoms with Gasteiger partial charge in [-0.25, -0.2) is 13.1 Å². The number of carboxylic acid groups (broad SMARTS) is 1. The Morgan fingerprint density at radius 3 is 2.65 bits per heavy atom. The number of sulfonamides is 1. The smallest absolute Gasteiger partial charge is 0.307 e. The van der Waals surface area contributed by atoms with E-state index in [-0.39, 0.29) is 22.0 Å². The highest BCUT2D eigenvalue weighted by atomic mass is 35.5. The molecule has 8 heteroatoms. The van der Waals surface area contributed by atoms with E-state index >= 15 is 0 Å². The van der Waals surface area contributed by atoms with Crippen LogP contribution in [0.5, 0.6) is 0 Å². The molecule has 0 fully saturated rings. The topological polar surface area (TPSA) is 107 Å². The first-order valence-electron chi connectivity index (χ1n) is 5.74. The second kappa shape index (κ2) is 6.70. The summed E-state index contributed by atoms with van der Waals surface area (Å²) in [6.07, 6.45) is 0.305. The predicted octanol–water partition coefficient (Wildman–Crippen LogP) is 1.60. The average molecular weight is 317 g/mol. The SMILES string of the molecule is CCC(CNS(=O)(=O)c1ccc(C#N)cc1Cl)C(=O)O. The molecule has 0 aliphatic heterocycles. The lowest BCUT2D eigenvalue weighted by Crippen LogP contribution is -2.32. The molecule has 6 nitrogen and oxygen atoms in total. The Labute approximate surface area is 122 Å². The van der Waals surface area contributed by atoms with Crippen LogP contribution in [-0.2, 0) is 14.8 Å². The van der Waals surface area contributed by atoms with Crippen molar-refractivity contribution in [1.29, 1.82) is 5.26 Å². The molecule has 1 aromatic carbocycles. The number of nitrogens with zero attached hydrogens (tertiary/aromatic N) is 1. The zero-order valence-electron chi connectivity index (χ0n) is 10.6. The summed E-state index contributed by atoms with van der Waals surface area (Å²) in [5.41, 5.74) is 0.242. The zero-order valence-corrected chi connectivity index (χ0v) is 12.2. The van der Waals surface area contributed by atoms with Crippen LogP contribution in [0.2, 0.25) is 5.02 Å². The molecule has 1 unspecified atom stereocenters. The normalized spacial score (nSPS) is 12.7. The van der Waals surface area contributed by atoms with Gasteiger partial charge in [0.2, 0.25) is 10.0 Å². The van der Waals surface area contributed by atoms with Crippen LogP contribution in [0.4, 0.5) is 0 Å². The van der Waals surface area contributed by atoms with E-state index in [2.05, 4.69) is 4.72 Å². The number of carboxylic acids is 1. The Kier molecular flexibility index (Phi) is 5.51. The summed E-state index contributed by atoms with van der Waals surface area (Å²) < 4.78 is 26.3. The lowest BCUT2D eigenvalue weighted by Gasteiger charge is -2.12. The van der Waals surface area contributed by atoms with Gasteiger partial charge in [0.15, 0.2) is 0 Å². The molecule has 1 aromatic rings. The van der Waals surface area contributed by atoms with Crippen LogP contribution in [0.15, 0.2) is 23.1 Å². The lowest BCUT2D eigenvalue weighted by atomic mass is 10.1. The molecule has 1 rings (SSSR count). The first kappa shape index (κ1) is 16.4. The van der Waals surface area contributed by atoms with Gasteiger partial charge in [-0.15, -0.1) is 0 Å². The monoisotopic (exact) mass is 316 g/mol. The van der Waals surface area contributed by atoms with Crippen molar-refractivity contribution in [2.24, 2.45) is 5.92 Å². The first-order valence-corrected chi connectivity index (χ1v) is 7.60. The van der Waals surface area contributed by atoms with Gasteiger partial charge in [0.1, 0.15) is 4.90 Å². The standard InChI is InChI=1S/C12H13ClN2O4S/c1-2-9(12(16)17)7-15-20(18,19)11-4-3-8(6-14)5-10(11)13/h3-5,9,15H,2,7H2,1H3,(H,16,17). The van der Waals surface area contributed by atoms with Crippen molar-refractivity contribution >= 4 is 27.6 Å². The molecule has 0 bridgehead atoms. The number of halogens is 1. The van der Waals surface area contributed by atoms with Gasteiger partial charge in [0.05, 0.1) is 22.6 Å². The van der Waals surface area contributed by atoms with Crippen molar-refractivity contribution in [1.82, 2.24) is 4.72 Å². The molecule has 0 spiro atoms. The van der Waals surface area contributed by atoms with Crippen molar-refractivity contribution in [2.75, 3.05) is 6.54 Å². The van der Waals surface area contributed by atoms with E-state index in [0.29, 0.717) is 6.42 Å². The molecule has 2 N–H and O–H groups in total. The van der Waals surface area contributed by atoms with Crippen LogP contribution in [-0.4, -0.2) is 26.0 Å². The Balaban J connectivity index is 2.95. The van der Waals surface area contributed by atoms with Crippen LogP contribution in [0.25, 0.3) is 0 Å². The van der Waals surface area contributed by atoms with Crippen LogP contribution in [0, 0.1) is 17.2 Å². The molecule has 20 heavy (non-hydrogen) atoms. The van der Waals surface area contributed by atoms with E-state index in [9.17, 15) is 13.2 Å². The molecule has 0 radical (unpaired) electrons. The Morgan fingerprint density at radius 2 is 2.20 bits per heavy atom. The molecular weight excluding hydrogens is 304 g/mol. The van der Waals surface area contributed by atoms with E-state index in [4.69, 9.17) is 22.0 Å². The largest absolute Gasteiger partial charge is 0.481 e. The molecule has 108 valence electrons. The van der Waals surface area contributed by atoms with E-state index in [1.165, 1.54) is 18.2 Å². The number of nitriles is 1. The van der Waals surface area contributed by atoms with Crippen molar-refractivity contribution in [3.63, 3.8) is 0 Å². The molecule has 0 saturated carbocycles. The van der Waals surface area contributed by atoms with Crippen molar-refractivity contribution in [3.05, 3.63) is 28.8 Å². The van der Waals surface area contributed by atoms with Gasteiger partial charge in [-0.1, -0.05) is 18.5 Å². The van der Waals surface area contributed by atoms with E-state index in [1.54, 1.807) is 6.92 Å². The highest BCUT2D eigenvalue weighted by molar-refractivity contribution is 7.89. The molecule has 0 aliphatic rings. The summed E-state index contributed by atoms with van der Waals surface area (Å²) in [6, 6.07) is 5.63. The summed E-state index contributed by atoms with van der Waals surface area (Å²) in [4.78, 5) is 10.7. The highest BCUT2D eigenvalue weighted by Crippen LogP contribution is 2.22. The highest BCUT2D eigenvalue weighted by Gasteiger charge is 2.22. The third-order valence-electron chi connectivity index (χ3n) is 2.71. The fraction of sp³-hybridized carbons (Fsp3) is 0.333. The Bertz CT molecular complexity index is 652. The number of hydrogen-bond acceptors (Lipinski definition) is 4. The summed E-state index contributed by atoms with van der Waals surface area (Å²) in [6.45, 7) is 1.44. The maximum atomic E-state index is 12.0. The number of hydrogen-bond donors (Lipinski definition) is 2. The molecule has 0 aliphatic carbocycles. The summed E-state index contributed by atoms with van der Waals surface area (Å²) in [5.74, 6) is -1.87. The maximum absolute atomic E-state index is 12.0. The minimum Gasteiger partial charge on any atom is -0.481 e. The molecule has 0 saturated heterocycles. The van der Waals surface area contributed by atoms with Crippen molar-refractivity contribution < 1.29 is 18.3 Å². The number of nitrogens with one attached hydrogen (secondary N) is 1. The third kappa shape index (κ3) is 3.93. The molecule has 0 aromatic heterocycles. The van der Waals surface area contributed by atoms with E-state index in [0.717, 1.165) is 0 Å². The predicted molar refractivity (Wildman–Crippen MR) is 72.8 cm³/mol. The quantitative estimate of drug-likeness (QED) is 0.829. The second-order valence-corrected chi connectivity index (χ2v) is 6.19. The van der Waals surface area contributed by atoms with Crippen LogP contribution >= 0.6 is 11.6 Å². The third-order valence-corrected chi connectivity index (χ3v) is 4.62. The number of benzene rings is 1. The number of rotatable bonds is 6. The second-order valence-electron chi connectivity index (χ2n) is 4.05. The van der Waals surface area contributed by atoms with Crippen molar-refractivity contribution in [3.8, 4) is 6.07 Å². The van der Waals surface area contributed by atoms with Gasteiger partial charge in [-0.2, -0.15) is 5.26 Å². The molecule has 1 atom stereocenters. The summed E-state index contributed by atoms with van der Waals surface area (Å²) in [7, 11) is -3.91. The van der Waals surface area contributed by atoms with Gasteiger partial charge < -0.3 is 5.11 Å². The summed E-state index contributed by atoms with van der Waals surface area (Å²) in [5, 5.41) is 17.5. The minimum absolute atomic E-state index is 0.0834. The van der Waals surface area contributed by atoms with Gasteiger partial charge in [-0.05, 0) is 24.6 Å². The first-order chi connectivity index (χ1) is 9.31. The molecule has 0 amide bonds. The van der Waals surface area contributed by atoms with Gasteiger partial charge in [0, 0.05) is 6.54 Å². The fourth-order valence-electron chi connectivity index (χ4n) is 1.48. The number of carbonyl (C=O) groups is 1. The van der Waals surface area contributed by atoms with Gasteiger partial charge in [-0.3, -0.25) is 4.79 Å².